The molecule has 5 heteroatoms. The number of carboxylic acid groups (broad SMARTS) is 1. The second-order valence-electron chi connectivity index (χ2n) is 5.98. The topological polar surface area (TPSA) is 66.8 Å². The van der Waals surface area contributed by atoms with Gasteiger partial charge in [-0.3, -0.25) is 4.79 Å². The van der Waals surface area contributed by atoms with Crippen LogP contribution in [0.4, 0.5) is 0 Å². The van der Waals surface area contributed by atoms with Crippen LogP contribution in [0.2, 0.25) is 0 Å². The predicted molar refractivity (Wildman–Crippen MR) is 67.6 cm³/mol. The summed E-state index contributed by atoms with van der Waals surface area (Å²) in [5.74, 6) is -0.404. The lowest BCUT2D eigenvalue weighted by Gasteiger charge is -2.30. The third-order valence-electron chi connectivity index (χ3n) is 4.88. The molecule has 0 aromatic heterocycles. The van der Waals surface area contributed by atoms with Gasteiger partial charge in [0.25, 0.3) is 5.91 Å². The number of carboxylic acids is 1. The maximum atomic E-state index is 12.5. The first-order valence-corrected chi connectivity index (χ1v) is 7.33. The molecule has 3 aliphatic rings. The Morgan fingerprint density at radius 2 is 1.95 bits per heavy atom. The van der Waals surface area contributed by atoms with Gasteiger partial charge >= 0.3 is 5.97 Å². The van der Waals surface area contributed by atoms with Crippen LogP contribution in [0.25, 0.3) is 0 Å². The van der Waals surface area contributed by atoms with Crippen LogP contribution in [0.5, 0.6) is 0 Å². The van der Waals surface area contributed by atoms with Crippen LogP contribution in [0, 0.1) is 11.8 Å². The van der Waals surface area contributed by atoms with E-state index in [9.17, 15) is 14.7 Å². The molecule has 0 radical (unpaired) electrons. The molecule has 1 N–H and O–H groups in total. The highest BCUT2D eigenvalue weighted by Gasteiger charge is 2.50. The van der Waals surface area contributed by atoms with Crippen molar-refractivity contribution in [2.45, 2.75) is 50.7 Å². The fourth-order valence-corrected chi connectivity index (χ4v) is 3.97. The summed E-state index contributed by atoms with van der Waals surface area (Å²) in [6, 6.07) is -0.620. The third-order valence-corrected chi connectivity index (χ3v) is 4.88. The van der Waals surface area contributed by atoms with Crippen molar-refractivity contribution in [1.29, 1.82) is 0 Å². The van der Waals surface area contributed by atoms with Gasteiger partial charge in [-0.25, -0.2) is 4.79 Å². The number of fused-ring (bicyclic) bond motifs is 1. The number of likely N-dealkylation sites (tertiary alicyclic amines) is 1. The average molecular weight is 267 g/mol. The normalized spacial score (nSPS) is 38.2. The second-order valence-corrected chi connectivity index (χ2v) is 5.98. The van der Waals surface area contributed by atoms with Crippen molar-refractivity contribution in [3.63, 3.8) is 0 Å². The quantitative estimate of drug-likeness (QED) is 0.818. The van der Waals surface area contributed by atoms with E-state index in [0.29, 0.717) is 19.1 Å². The minimum atomic E-state index is -0.849. The molecular weight excluding hydrogens is 246 g/mol. The molecule has 2 aliphatic heterocycles. The van der Waals surface area contributed by atoms with Crippen molar-refractivity contribution >= 4 is 11.9 Å². The van der Waals surface area contributed by atoms with Crippen LogP contribution in [0.3, 0.4) is 0 Å². The highest BCUT2D eigenvalue weighted by atomic mass is 16.5. The fraction of sp³-hybridized carbons (Fsp3) is 0.857. The molecular formula is C14H21NO4. The highest BCUT2D eigenvalue weighted by molar-refractivity contribution is 5.87. The Balaban J connectivity index is 1.75. The smallest absolute Gasteiger partial charge is 0.326 e. The molecule has 0 spiro atoms. The first-order chi connectivity index (χ1) is 9.18. The fourth-order valence-electron chi connectivity index (χ4n) is 3.97. The van der Waals surface area contributed by atoms with E-state index in [4.69, 9.17) is 4.74 Å². The van der Waals surface area contributed by atoms with Crippen LogP contribution >= 0.6 is 0 Å². The number of nitrogens with zero attached hydrogens (tertiary/aromatic N) is 1. The summed E-state index contributed by atoms with van der Waals surface area (Å²) >= 11 is 0. The summed E-state index contributed by atoms with van der Waals surface area (Å²) in [4.78, 5) is 25.6. The van der Waals surface area contributed by atoms with Crippen molar-refractivity contribution in [2.24, 2.45) is 11.8 Å². The van der Waals surface area contributed by atoms with Gasteiger partial charge in [-0.05, 0) is 43.9 Å². The van der Waals surface area contributed by atoms with E-state index in [0.717, 1.165) is 38.5 Å². The number of amides is 1. The SMILES string of the molecule is O=C(O)C1C2CCCC2CN1C(=O)C1CCCCO1. The number of hydrogen-bond donors (Lipinski definition) is 1. The number of ether oxygens (including phenoxy) is 1. The molecule has 3 rings (SSSR count). The molecule has 19 heavy (non-hydrogen) atoms. The van der Waals surface area contributed by atoms with Gasteiger partial charge in [0.15, 0.2) is 0 Å². The minimum Gasteiger partial charge on any atom is -0.480 e. The molecule has 1 saturated carbocycles. The van der Waals surface area contributed by atoms with Gasteiger partial charge in [-0.2, -0.15) is 0 Å². The number of rotatable bonds is 2. The number of hydrogen-bond acceptors (Lipinski definition) is 3. The van der Waals surface area contributed by atoms with Gasteiger partial charge in [0, 0.05) is 13.2 Å². The van der Waals surface area contributed by atoms with E-state index in [1.165, 1.54) is 0 Å². The van der Waals surface area contributed by atoms with Crippen LogP contribution in [0.15, 0.2) is 0 Å². The molecule has 0 aromatic rings. The Labute approximate surface area is 112 Å². The van der Waals surface area contributed by atoms with E-state index in [1.54, 1.807) is 4.90 Å². The van der Waals surface area contributed by atoms with E-state index in [-0.39, 0.29) is 11.8 Å². The molecule has 0 bridgehead atoms. The molecule has 2 heterocycles. The number of aliphatic carboxylic acids is 1. The van der Waals surface area contributed by atoms with E-state index in [1.807, 2.05) is 0 Å². The maximum Gasteiger partial charge on any atom is 0.326 e. The van der Waals surface area contributed by atoms with Crippen molar-refractivity contribution in [3.8, 4) is 0 Å². The molecule has 2 saturated heterocycles. The molecule has 0 aromatic carbocycles. The summed E-state index contributed by atoms with van der Waals surface area (Å²) < 4.78 is 5.52. The minimum absolute atomic E-state index is 0.0958. The Hall–Kier alpha value is -1.10. The Bertz CT molecular complexity index is 378. The monoisotopic (exact) mass is 267 g/mol. The molecule has 1 aliphatic carbocycles. The molecule has 4 atom stereocenters. The summed E-state index contributed by atoms with van der Waals surface area (Å²) in [7, 11) is 0. The van der Waals surface area contributed by atoms with Gasteiger partial charge < -0.3 is 14.7 Å². The number of carbonyl (C=O) groups excluding carboxylic acids is 1. The van der Waals surface area contributed by atoms with Crippen LogP contribution < -0.4 is 0 Å². The zero-order valence-corrected chi connectivity index (χ0v) is 11.1. The van der Waals surface area contributed by atoms with Crippen LogP contribution in [-0.2, 0) is 14.3 Å². The first-order valence-electron chi connectivity index (χ1n) is 7.33. The maximum absolute atomic E-state index is 12.5. The number of carbonyl (C=O) groups is 2. The summed E-state index contributed by atoms with van der Waals surface area (Å²) in [5, 5.41) is 9.44. The molecule has 5 nitrogen and oxygen atoms in total. The lowest BCUT2D eigenvalue weighted by atomic mass is 9.94. The van der Waals surface area contributed by atoms with Crippen LogP contribution in [0.1, 0.15) is 38.5 Å². The standard InChI is InChI=1S/C14H21NO4/c16-13(11-6-1-2-7-19-11)15-8-9-4-3-5-10(9)12(15)14(17)18/h9-12H,1-8H2,(H,17,18). The summed E-state index contributed by atoms with van der Waals surface area (Å²) in [6.07, 6.45) is 5.42. The lowest BCUT2D eigenvalue weighted by Crippen LogP contribution is -2.48. The van der Waals surface area contributed by atoms with E-state index in [2.05, 4.69) is 0 Å². The van der Waals surface area contributed by atoms with Crippen molar-refractivity contribution in [1.82, 2.24) is 4.90 Å². The van der Waals surface area contributed by atoms with Crippen molar-refractivity contribution < 1.29 is 19.4 Å². The van der Waals surface area contributed by atoms with E-state index < -0.39 is 18.1 Å². The Morgan fingerprint density at radius 1 is 1.11 bits per heavy atom. The van der Waals surface area contributed by atoms with Gasteiger partial charge in [0.1, 0.15) is 12.1 Å². The largest absolute Gasteiger partial charge is 0.480 e. The van der Waals surface area contributed by atoms with Gasteiger partial charge in [0.05, 0.1) is 0 Å². The average Bonchev–Trinajstić information content (AvgIpc) is 2.98. The van der Waals surface area contributed by atoms with E-state index >= 15 is 0 Å². The Kier molecular flexibility index (Phi) is 3.48. The molecule has 3 fully saturated rings. The first kappa shape index (κ1) is 12.9. The summed E-state index contributed by atoms with van der Waals surface area (Å²) in [5.41, 5.74) is 0. The van der Waals surface area contributed by atoms with Crippen molar-refractivity contribution in [2.75, 3.05) is 13.2 Å². The zero-order chi connectivity index (χ0) is 13.4. The van der Waals surface area contributed by atoms with Crippen molar-refractivity contribution in [3.05, 3.63) is 0 Å². The lowest BCUT2D eigenvalue weighted by molar-refractivity contribution is -0.156. The summed E-state index contributed by atoms with van der Waals surface area (Å²) in [6.45, 7) is 1.23. The third kappa shape index (κ3) is 2.24. The molecule has 1 amide bonds. The van der Waals surface area contributed by atoms with Gasteiger partial charge in [0.2, 0.25) is 0 Å². The highest BCUT2D eigenvalue weighted by Crippen LogP contribution is 2.42. The van der Waals surface area contributed by atoms with Gasteiger partial charge in [-0.15, -0.1) is 0 Å². The second kappa shape index (κ2) is 5.12. The molecule has 4 unspecified atom stereocenters. The zero-order valence-electron chi connectivity index (χ0n) is 11.1. The predicted octanol–water partition coefficient (Wildman–Crippen LogP) is 1.27. The van der Waals surface area contributed by atoms with Gasteiger partial charge in [-0.1, -0.05) is 6.42 Å². The van der Waals surface area contributed by atoms with Crippen LogP contribution in [-0.4, -0.2) is 47.2 Å². The Morgan fingerprint density at radius 3 is 2.63 bits per heavy atom. The molecule has 106 valence electrons.